The summed E-state index contributed by atoms with van der Waals surface area (Å²) in [6.45, 7) is 3.76. The van der Waals surface area contributed by atoms with Crippen molar-refractivity contribution < 1.29 is 19.1 Å². The fourth-order valence-corrected chi connectivity index (χ4v) is 2.32. The number of carbonyl (C=O) groups excluding carboxylic acids is 2. The van der Waals surface area contributed by atoms with E-state index in [0.717, 1.165) is 5.56 Å². The van der Waals surface area contributed by atoms with Gasteiger partial charge in [-0.3, -0.25) is 9.59 Å². The predicted octanol–water partition coefficient (Wildman–Crippen LogP) is 3.26. The highest BCUT2D eigenvalue weighted by Gasteiger charge is 2.19. The van der Waals surface area contributed by atoms with Gasteiger partial charge in [-0.1, -0.05) is 42.5 Å². The monoisotopic (exact) mass is 327 g/mol. The Hall–Kier alpha value is -2.82. The van der Waals surface area contributed by atoms with Crippen LogP contribution in [-0.2, 0) is 9.59 Å². The quantitative estimate of drug-likeness (QED) is 0.626. The van der Waals surface area contributed by atoms with Gasteiger partial charge >= 0.3 is 5.97 Å². The zero-order valence-electron chi connectivity index (χ0n) is 13.8. The van der Waals surface area contributed by atoms with Gasteiger partial charge in [-0.05, 0) is 24.6 Å². The van der Waals surface area contributed by atoms with E-state index >= 15 is 0 Å². The van der Waals surface area contributed by atoms with Gasteiger partial charge in [0.05, 0.1) is 19.1 Å². The lowest BCUT2D eigenvalue weighted by Gasteiger charge is -2.18. The normalized spacial score (nSPS) is 11.4. The number of hydrogen-bond donors (Lipinski definition) is 1. The fourth-order valence-electron chi connectivity index (χ4n) is 2.32. The van der Waals surface area contributed by atoms with Crippen LogP contribution in [0.2, 0.25) is 0 Å². The number of esters is 1. The van der Waals surface area contributed by atoms with Crippen LogP contribution in [0.5, 0.6) is 11.5 Å². The van der Waals surface area contributed by atoms with Gasteiger partial charge < -0.3 is 14.8 Å². The summed E-state index contributed by atoms with van der Waals surface area (Å²) in [7, 11) is 0. The minimum atomic E-state index is -0.440. The summed E-state index contributed by atoms with van der Waals surface area (Å²) in [4.78, 5) is 23.7. The number of hydrogen-bond acceptors (Lipinski definition) is 4. The Labute approximate surface area is 141 Å². The maximum absolute atomic E-state index is 12.3. The summed E-state index contributed by atoms with van der Waals surface area (Å²) in [6, 6.07) is 15.9. The van der Waals surface area contributed by atoms with Crippen LogP contribution in [0.4, 0.5) is 0 Å². The summed E-state index contributed by atoms with van der Waals surface area (Å²) < 4.78 is 10.9. The molecule has 5 heteroatoms. The average Bonchev–Trinajstić information content (AvgIpc) is 2.57. The van der Waals surface area contributed by atoms with E-state index < -0.39 is 12.0 Å². The molecule has 0 aliphatic carbocycles. The molecule has 2 rings (SSSR count). The number of rotatable bonds is 7. The molecular weight excluding hydrogens is 306 g/mol. The van der Waals surface area contributed by atoms with E-state index in [-0.39, 0.29) is 12.3 Å². The molecular formula is C19H21NO4. The van der Waals surface area contributed by atoms with E-state index in [1.807, 2.05) is 43.3 Å². The van der Waals surface area contributed by atoms with Crippen molar-refractivity contribution in [2.24, 2.45) is 0 Å². The molecule has 1 unspecified atom stereocenters. The van der Waals surface area contributed by atoms with Gasteiger partial charge in [-0.25, -0.2) is 0 Å². The van der Waals surface area contributed by atoms with E-state index in [1.54, 1.807) is 18.2 Å². The third-order valence-corrected chi connectivity index (χ3v) is 3.32. The largest absolute Gasteiger partial charge is 0.490 e. The first-order valence-electron chi connectivity index (χ1n) is 7.84. The highest BCUT2D eigenvalue weighted by atomic mass is 16.6. The van der Waals surface area contributed by atoms with Crippen molar-refractivity contribution in [2.45, 2.75) is 26.3 Å². The first-order chi connectivity index (χ1) is 11.6. The Kier molecular flexibility index (Phi) is 6.37. The molecule has 0 saturated carbocycles. The van der Waals surface area contributed by atoms with Gasteiger partial charge in [0.25, 0.3) is 0 Å². The highest BCUT2D eigenvalue weighted by molar-refractivity contribution is 5.77. The highest BCUT2D eigenvalue weighted by Crippen LogP contribution is 2.27. The Morgan fingerprint density at radius 2 is 1.62 bits per heavy atom. The summed E-state index contributed by atoms with van der Waals surface area (Å²) in [5.74, 6) is 0.249. The minimum absolute atomic E-state index is 0.0318. The number of benzene rings is 2. The molecule has 0 saturated heterocycles. The summed E-state index contributed by atoms with van der Waals surface area (Å²) >= 11 is 0. The van der Waals surface area contributed by atoms with Crippen LogP contribution in [0.3, 0.4) is 0 Å². The second kappa shape index (κ2) is 8.72. The van der Waals surface area contributed by atoms with Crippen molar-refractivity contribution in [2.75, 3.05) is 6.61 Å². The molecule has 1 N–H and O–H groups in total. The average molecular weight is 327 g/mol. The van der Waals surface area contributed by atoms with Crippen LogP contribution < -0.4 is 14.8 Å². The summed E-state index contributed by atoms with van der Waals surface area (Å²) in [6.07, 6.45) is 0.0318. The molecule has 5 nitrogen and oxygen atoms in total. The molecule has 0 radical (unpaired) electrons. The van der Waals surface area contributed by atoms with Crippen LogP contribution >= 0.6 is 0 Å². The van der Waals surface area contributed by atoms with Gasteiger partial charge in [-0.2, -0.15) is 0 Å². The van der Waals surface area contributed by atoms with E-state index in [2.05, 4.69) is 5.32 Å². The van der Waals surface area contributed by atoms with Crippen molar-refractivity contribution >= 4 is 11.9 Å². The van der Waals surface area contributed by atoms with Crippen molar-refractivity contribution in [3.63, 3.8) is 0 Å². The number of para-hydroxylation sites is 2. The molecule has 0 aliphatic heterocycles. The van der Waals surface area contributed by atoms with Crippen molar-refractivity contribution in [1.82, 2.24) is 5.32 Å². The Morgan fingerprint density at radius 3 is 2.25 bits per heavy atom. The molecule has 2 aromatic carbocycles. The molecule has 1 atom stereocenters. The van der Waals surface area contributed by atoms with Gasteiger partial charge in [0.1, 0.15) is 0 Å². The van der Waals surface area contributed by atoms with E-state index in [1.165, 1.54) is 6.92 Å². The van der Waals surface area contributed by atoms with Crippen LogP contribution in [0.1, 0.15) is 31.9 Å². The first-order valence-corrected chi connectivity index (χ1v) is 7.84. The zero-order chi connectivity index (χ0) is 17.4. The molecule has 0 heterocycles. The fraction of sp³-hybridized carbons (Fsp3) is 0.263. The van der Waals surface area contributed by atoms with E-state index in [0.29, 0.717) is 18.1 Å². The third-order valence-electron chi connectivity index (χ3n) is 3.32. The topological polar surface area (TPSA) is 64.6 Å². The molecule has 126 valence electrons. The maximum atomic E-state index is 12.3. The summed E-state index contributed by atoms with van der Waals surface area (Å²) in [5, 5.41) is 2.78. The molecule has 0 bridgehead atoms. The van der Waals surface area contributed by atoms with Crippen LogP contribution in [0.25, 0.3) is 0 Å². The van der Waals surface area contributed by atoms with Gasteiger partial charge in [0.2, 0.25) is 5.91 Å². The van der Waals surface area contributed by atoms with Crippen LogP contribution in [-0.4, -0.2) is 18.5 Å². The van der Waals surface area contributed by atoms with Crippen LogP contribution in [0.15, 0.2) is 54.6 Å². The van der Waals surface area contributed by atoms with Gasteiger partial charge in [0.15, 0.2) is 11.5 Å². The number of carbonyl (C=O) groups is 2. The SMILES string of the molecule is CCOc1ccccc1OC(=O)CC(NC(C)=O)c1ccccc1. The van der Waals surface area contributed by atoms with Crippen LogP contribution in [0, 0.1) is 0 Å². The molecule has 2 aromatic rings. The number of ether oxygens (including phenoxy) is 2. The smallest absolute Gasteiger partial charge is 0.313 e. The first kappa shape index (κ1) is 17.5. The molecule has 0 aromatic heterocycles. The van der Waals surface area contributed by atoms with E-state index in [4.69, 9.17) is 9.47 Å². The van der Waals surface area contributed by atoms with Crippen molar-refractivity contribution in [3.8, 4) is 11.5 Å². The lowest BCUT2D eigenvalue weighted by Crippen LogP contribution is -2.29. The van der Waals surface area contributed by atoms with Gasteiger partial charge in [-0.15, -0.1) is 0 Å². The Morgan fingerprint density at radius 1 is 1.00 bits per heavy atom. The zero-order valence-corrected chi connectivity index (χ0v) is 13.8. The standard InChI is InChI=1S/C19H21NO4/c1-3-23-17-11-7-8-12-18(17)24-19(22)13-16(20-14(2)21)15-9-5-4-6-10-15/h4-12,16H,3,13H2,1-2H3,(H,20,21). The number of amides is 1. The van der Waals surface area contributed by atoms with Crippen molar-refractivity contribution in [3.05, 3.63) is 60.2 Å². The second-order valence-electron chi connectivity index (χ2n) is 5.22. The molecule has 1 amide bonds. The maximum Gasteiger partial charge on any atom is 0.313 e. The summed E-state index contributed by atoms with van der Waals surface area (Å²) in [5.41, 5.74) is 0.850. The van der Waals surface area contributed by atoms with Crippen molar-refractivity contribution in [1.29, 1.82) is 0 Å². The van der Waals surface area contributed by atoms with Gasteiger partial charge in [0, 0.05) is 6.92 Å². The Balaban J connectivity index is 2.09. The number of nitrogens with one attached hydrogen (secondary N) is 1. The lowest BCUT2D eigenvalue weighted by molar-refractivity contribution is -0.135. The van der Waals surface area contributed by atoms with E-state index in [9.17, 15) is 9.59 Å². The Bertz CT molecular complexity index is 685. The second-order valence-corrected chi connectivity index (χ2v) is 5.22. The molecule has 0 aliphatic rings. The predicted molar refractivity (Wildman–Crippen MR) is 90.9 cm³/mol. The molecule has 24 heavy (non-hydrogen) atoms. The lowest BCUT2D eigenvalue weighted by atomic mass is 10.0. The minimum Gasteiger partial charge on any atom is -0.490 e. The third kappa shape index (κ3) is 5.12. The molecule has 0 fully saturated rings. The molecule has 0 spiro atoms.